The number of rotatable bonds is 5. The van der Waals surface area contributed by atoms with Gasteiger partial charge in [-0.15, -0.1) is 0 Å². The van der Waals surface area contributed by atoms with Gasteiger partial charge in [-0.25, -0.2) is 0 Å². The summed E-state index contributed by atoms with van der Waals surface area (Å²) in [5.74, 6) is -0.302. The van der Waals surface area contributed by atoms with Gasteiger partial charge in [-0.05, 0) is 12.1 Å². The molecule has 0 bridgehead atoms. The second-order valence-electron chi connectivity index (χ2n) is 4.15. The Kier molecular flexibility index (Phi) is 4.37. The van der Waals surface area contributed by atoms with Gasteiger partial charge in [0.05, 0.1) is 13.2 Å². The minimum absolute atomic E-state index is 0.0441. The summed E-state index contributed by atoms with van der Waals surface area (Å²) < 4.78 is 33.9. The zero-order valence-electron chi connectivity index (χ0n) is 11.2. The monoisotopic (exact) mass is 309 g/mol. The van der Waals surface area contributed by atoms with Crippen LogP contribution in [0.1, 0.15) is 0 Å². The summed E-state index contributed by atoms with van der Waals surface area (Å²) in [6.07, 6.45) is 0. The normalized spacial score (nSPS) is 11.4. The largest absolute Gasteiger partial charge is 0.501 e. The zero-order valence-corrected chi connectivity index (χ0v) is 12.0. The Bertz CT molecular complexity index is 811. The van der Waals surface area contributed by atoms with Gasteiger partial charge in [-0.2, -0.15) is 8.42 Å². The lowest BCUT2D eigenvalue weighted by molar-refractivity contribution is 0.149. The van der Waals surface area contributed by atoms with E-state index in [9.17, 15) is 13.5 Å². The minimum atomic E-state index is -3.98. The summed E-state index contributed by atoms with van der Waals surface area (Å²) in [5.41, 5.74) is -0.0441. The van der Waals surface area contributed by atoms with Gasteiger partial charge in [0.15, 0.2) is 4.98 Å². The maximum absolute atomic E-state index is 12.2. The molecule has 0 atom stereocenters. The van der Waals surface area contributed by atoms with E-state index in [1.54, 1.807) is 0 Å². The van der Waals surface area contributed by atoms with Crippen LogP contribution in [0.3, 0.4) is 0 Å². The molecule has 2 aromatic rings. The molecule has 7 nitrogen and oxygen atoms in total. The fourth-order valence-corrected chi connectivity index (χ4v) is 3.00. The molecule has 0 saturated heterocycles. The van der Waals surface area contributed by atoms with Gasteiger partial charge < -0.3 is 9.84 Å². The van der Waals surface area contributed by atoms with E-state index in [1.165, 1.54) is 37.4 Å². The lowest BCUT2D eigenvalue weighted by atomic mass is 10.1. The van der Waals surface area contributed by atoms with Gasteiger partial charge in [0.1, 0.15) is 4.90 Å². The fraction of sp³-hybridized carbons (Fsp3) is 0.231. The Morgan fingerprint density at radius 1 is 1.19 bits per heavy atom. The van der Waals surface area contributed by atoms with Crippen LogP contribution < -0.4 is 0 Å². The summed E-state index contributed by atoms with van der Waals surface area (Å²) in [4.78, 5) is 2.85. The van der Waals surface area contributed by atoms with Crippen molar-refractivity contribution in [3.63, 3.8) is 0 Å². The van der Waals surface area contributed by atoms with Gasteiger partial charge in [0.25, 0.3) is 10.1 Å². The van der Waals surface area contributed by atoms with Crippen LogP contribution in [0.15, 0.2) is 35.2 Å². The van der Waals surface area contributed by atoms with Crippen molar-refractivity contribution >= 4 is 26.6 Å². The first kappa shape index (κ1) is 15.2. The highest BCUT2D eigenvalue weighted by molar-refractivity contribution is 7.87. The molecular weight excluding hydrogens is 296 g/mol. The third-order valence-electron chi connectivity index (χ3n) is 2.87. The number of nitrogens with zero attached hydrogens (tertiary/aromatic N) is 2. The molecule has 0 aliphatic heterocycles. The Hall–Kier alpha value is -2.21. The standard InChI is InChI=1S/C13H12N2O5S/c1-19-7-8-20-21(17,18)12-4-2-3-10-9(12)5-6-11(15-14)13(10)16/h2-6H,7-8H2,1H3/p+1. The number of benzene rings is 2. The molecule has 0 aromatic heterocycles. The van der Waals surface area contributed by atoms with Gasteiger partial charge in [0.2, 0.25) is 11.1 Å². The minimum Gasteiger partial charge on any atom is -0.501 e. The van der Waals surface area contributed by atoms with E-state index in [4.69, 9.17) is 14.3 Å². The molecule has 8 heteroatoms. The van der Waals surface area contributed by atoms with E-state index in [-0.39, 0.29) is 40.3 Å². The van der Waals surface area contributed by atoms with E-state index >= 15 is 0 Å². The number of methoxy groups -OCH3 is 1. The quantitative estimate of drug-likeness (QED) is 0.517. The SMILES string of the molecule is COCCOS(=O)(=O)c1cccc2c(O)c([N+]#N)ccc12. The van der Waals surface area contributed by atoms with Crippen LogP contribution in [0, 0.1) is 5.39 Å². The first-order valence-corrected chi connectivity index (χ1v) is 7.40. The van der Waals surface area contributed by atoms with Crippen molar-refractivity contribution in [3.8, 4) is 5.75 Å². The smallest absolute Gasteiger partial charge is 0.426 e. The van der Waals surface area contributed by atoms with Crippen LogP contribution in [-0.2, 0) is 19.0 Å². The number of phenolic OH excluding ortho intramolecular Hbond substituents is 1. The molecule has 0 spiro atoms. The molecule has 0 amide bonds. The highest BCUT2D eigenvalue weighted by Crippen LogP contribution is 2.37. The van der Waals surface area contributed by atoms with Crippen molar-refractivity contribution in [1.82, 2.24) is 0 Å². The van der Waals surface area contributed by atoms with Crippen molar-refractivity contribution < 1.29 is 22.4 Å². The molecule has 2 aromatic carbocycles. The summed E-state index contributed by atoms with van der Waals surface area (Å²) in [7, 11) is -2.54. The fourth-order valence-electron chi connectivity index (χ4n) is 1.89. The number of hydrogen-bond donors (Lipinski definition) is 1. The second-order valence-corrected chi connectivity index (χ2v) is 5.74. The van der Waals surface area contributed by atoms with Crippen LogP contribution in [0.5, 0.6) is 5.75 Å². The van der Waals surface area contributed by atoms with E-state index in [2.05, 4.69) is 4.98 Å². The molecule has 0 radical (unpaired) electrons. The molecule has 2 rings (SSSR count). The lowest BCUT2D eigenvalue weighted by Crippen LogP contribution is -2.11. The number of phenols is 1. The Morgan fingerprint density at radius 2 is 1.95 bits per heavy atom. The molecule has 0 heterocycles. The maximum Gasteiger partial charge on any atom is 0.426 e. The van der Waals surface area contributed by atoms with Crippen LogP contribution >= 0.6 is 0 Å². The molecule has 0 aliphatic carbocycles. The highest BCUT2D eigenvalue weighted by Gasteiger charge is 2.23. The van der Waals surface area contributed by atoms with Gasteiger partial charge in [-0.3, -0.25) is 4.18 Å². The highest BCUT2D eigenvalue weighted by atomic mass is 32.2. The third kappa shape index (κ3) is 2.95. The number of fused-ring (bicyclic) bond motifs is 1. The van der Waals surface area contributed by atoms with Crippen LogP contribution in [-0.4, -0.2) is 33.8 Å². The summed E-state index contributed by atoms with van der Waals surface area (Å²) in [6, 6.07) is 7.12. The van der Waals surface area contributed by atoms with E-state index in [0.29, 0.717) is 0 Å². The van der Waals surface area contributed by atoms with Crippen LogP contribution in [0.4, 0.5) is 5.69 Å². The average Bonchev–Trinajstić information content (AvgIpc) is 2.47. The molecule has 0 unspecified atom stereocenters. The van der Waals surface area contributed by atoms with Crippen LogP contribution in [0.25, 0.3) is 15.7 Å². The molecule has 21 heavy (non-hydrogen) atoms. The predicted octanol–water partition coefficient (Wildman–Crippen LogP) is 2.38. The van der Waals surface area contributed by atoms with E-state index in [0.717, 1.165) is 0 Å². The third-order valence-corrected chi connectivity index (χ3v) is 4.25. The van der Waals surface area contributed by atoms with Crippen molar-refractivity contribution in [2.75, 3.05) is 20.3 Å². The topological polar surface area (TPSA) is 101 Å². The first-order valence-electron chi connectivity index (χ1n) is 5.99. The average molecular weight is 309 g/mol. The maximum atomic E-state index is 12.2. The number of aromatic hydroxyl groups is 1. The predicted molar refractivity (Wildman–Crippen MR) is 75.4 cm³/mol. The number of ether oxygens (including phenoxy) is 1. The molecular formula is C13H13N2O5S+. The molecule has 1 N–H and O–H groups in total. The summed E-state index contributed by atoms with van der Waals surface area (Å²) in [5, 5.41) is 19.2. The Balaban J connectivity index is 2.56. The lowest BCUT2D eigenvalue weighted by Gasteiger charge is -2.08. The Labute approximate surface area is 121 Å². The van der Waals surface area contributed by atoms with Crippen molar-refractivity contribution in [3.05, 3.63) is 35.3 Å². The van der Waals surface area contributed by atoms with Crippen molar-refractivity contribution in [2.24, 2.45) is 0 Å². The molecule has 110 valence electrons. The van der Waals surface area contributed by atoms with Crippen LogP contribution in [0.2, 0.25) is 0 Å². The van der Waals surface area contributed by atoms with E-state index < -0.39 is 10.1 Å². The van der Waals surface area contributed by atoms with E-state index in [1.807, 2.05) is 0 Å². The molecule has 0 fully saturated rings. The summed E-state index contributed by atoms with van der Waals surface area (Å²) >= 11 is 0. The zero-order chi connectivity index (χ0) is 15.5. The van der Waals surface area contributed by atoms with Gasteiger partial charge in [0, 0.05) is 23.9 Å². The number of diazo groups is 1. The van der Waals surface area contributed by atoms with Gasteiger partial charge >= 0.3 is 5.69 Å². The van der Waals surface area contributed by atoms with Gasteiger partial charge in [-0.1, -0.05) is 12.1 Å². The second kappa shape index (κ2) is 6.05. The summed E-state index contributed by atoms with van der Waals surface area (Å²) in [6.45, 7) is 0.0358. The Morgan fingerprint density at radius 3 is 2.62 bits per heavy atom. The molecule has 0 saturated carbocycles. The van der Waals surface area contributed by atoms with Crippen molar-refractivity contribution in [1.29, 1.82) is 5.39 Å². The number of hydrogen-bond acceptors (Lipinski definition) is 6. The van der Waals surface area contributed by atoms with Crippen molar-refractivity contribution in [2.45, 2.75) is 4.90 Å². The first-order chi connectivity index (χ1) is 10.0. The molecule has 0 aliphatic rings.